The van der Waals surface area contributed by atoms with Crippen molar-refractivity contribution in [1.29, 1.82) is 0 Å². The molecule has 1 fully saturated rings. The molecular formula is C19H22N4O2S. The Morgan fingerprint density at radius 3 is 2.35 bits per heavy atom. The second kappa shape index (κ2) is 7.09. The third kappa shape index (κ3) is 3.45. The van der Waals surface area contributed by atoms with E-state index in [4.69, 9.17) is 0 Å². The van der Waals surface area contributed by atoms with Gasteiger partial charge in [0.15, 0.2) is 0 Å². The number of aryl methyl sites for hydroxylation is 1. The summed E-state index contributed by atoms with van der Waals surface area (Å²) in [5, 5.41) is 0. The summed E-state index contributed by atoms with van der Waals surface area (Å²) >= 11 is 0. The molecule has 0 atom stereocenters. The first-order valence-corrected chi connectivity index (χ1v) is 10.4. The van der Waals surface area contributed by atoms with E-state index in [1.807, 2.05) is 47.0 Å². The van der Waals surface area contributed by atoms with Gasteiger partial charge >= 0.3 is 0 Å². The fraction of sp³-hybridized carbons (Fsp3) is 0.316. The van der Waals surface area contributed by atoms with Crippen LogP contribution in [0.25, 0.3) is 11.0 Å². The van der Waals surface area contributed by atoms with E-state index in [0.29, 0.717) is 19.6 Å². The molecule has 2 aromatic carbocycles. The zero-order valence-corrected chi connectivity index (χ0v) is 15.3. The number of nitrogens with zero attached hydrogens (tertiary/aromatic N) is 4. The van der Waals surface area contributed by atoms with Crippen LogP contribution in [0.15, 0.2) is 60.9 Å². The fourth-order valence-corrected chi connectivity index (χ4v) is 4.80. The van der Waals surface area contributed by atoms with Gasteiger partial charge in [0.2, 0.25) is 10.0 Å². The molecule has 26 heavy (non-hydrogen) atoms. The average Bonchev–Trinajstić information content (AvgIpc) is 3.11. The Morgan fingerprint density at radius 2 is 1.58 bits per heavy atom. The number of aromatic nitrogens is 2. The molecular weight excluding hydrogens is 348 g/mol. The minimum atomic E-state index is -3.28. The number of hydrogen-bond donors (Lipinski definition) is 0. The highest BCUT2D eigenvalue weighted by molar-refractivity contribution is 7.89. The lowest BCUT2D eigenvalue weighted by atomic mass is 10.2. The number of piperazine rings is 1. The largest absolute Gasteiger partial charge is 0.369 e. The van der Waals surface area contributed by atoms with Crippen molar-refractivity contribution in [2.24, 2.45) is 0 Å². The Hall–Kier alpha value is -2.38. The van der Waals surface area contributed by atoms with Crippen LogP contribution in [0.4, 0.5) is 5.69 Å². The van der Waals surface area contributed by atoms with E-state index in [1.54, 1.807) is 10.6 Å². The molecule has 1 aliphatic rings. The number of benzene rings is 2. The Kier molecular flexibility index (Phi) is 4.65. The Morgan fingerprint density at radius 1 is 0.885 bits per heavy atom. The molecule has 3 aromatic rings. The molecule has 7 heteroatoms. The van der Waals surface area contributed by atoms with Gasteiger partial charge in [0, 0.05) is 38.4 Å². The first-order chi connectivity index (χ1) is 12.6. The summed E-state index contributed by atoms with van der Waals surface area (Å²) in [7, 11) is -3.28. The van der Waals surface area contributed by atoms with E-state index in [-0.39, 0.29) is 5.75 Å². The summed E-state index contributed by atoms with van der Waals surface area (Å²) in [6, 6.07) is 17.9. The quantitative estimate of drug-likeness (QED) is 0.691. The zero-order chi connectivity index (χ0) is 18.0. The smallest absolute Gasteiger partial charge is 0.215 e. The Bertz CT molecular complexity index is 977. The van der Waals surface area contributed by atoms with Crippen molar-refractivity contribution < 1.29 is 8.42 Å². The average molecular weight is 370 g/mol. The van der Waals surface area contributed by atoms with Crippen LogP contribution in [0.1, 0.15) is 0 Å². The summed E-state index contributed by atoms with van der Waals surface area (Å²) in [6.07, 6.45) is 1.72. The van der Waals surface area contributed by atoms with Crippen molar-refractivity contribution in [3.8, 4) is 0 Å². The van der Waals surface area contributed by atoms with Gasteiger partial charge in [0.25, 0.3) is 0 Å². The summed E-state index contributed by atoms with van der Waals surface area (Å²) in [5.41, 5.74) is 3.01. The van der Waals surface area contributed by atoms with Gasteiger partial charge in [-0.25, -0.2) is 13.4 Å². The molecule has 0 unspecified atom stereocenters. The molecule has 0 amide bonds. The first kappa shape index (κ1) is 17.1. The molecule has 0 radical (unpaired) electrons. The van der Waals surface area contributed by atoms with E-state index >= 15 is 0 Å². The SMILES string of the molecule is O=S(=O)(CCn1cnc2ccccc21)N1CCN(c2ccccc2)CC1. The van der Waals surface area contributed by atoms with Crippen LogP contribution in [0.5, 0.6) is 0 Å². The van der Waals surface area contributed by atoms with Gasteiger partial charge in [-0.1, -0.05) is 30.3 Å². The molecule has 6 nitrogen and oxygen atoms in total. The van der Waals surface area contributed by atoms with E-state index < -0.39 is 10.0 Å². The van der Waals surface area contributed by atoms with Gasteiger partial charge in [0.05, 0.1) is 23.1 Å². The van der Waals surface area contributed by atoms with Crippen LogP contribution in [0.3, 0.4) is 0 Å². The van der Waals surface area contributed by atoms with E-state index in [0.717, 1.165) is 29.8 Å². The Labute approximate surface area is 153 Å². The maximum absolute atomic E-state index is 12.7. The normalized spacial score (nSPS) is 16.2. The maximum Gasteiger partial charge on any atom is 0.215 e. The predicted molar refractivity (Wildman–Crippen MR) is 104 cm³/mol. The second-order valence-electron chi connectivity index (χ2n) is 6.46. The number of fused-ring (bicyclic) bond motifs is 1. The lowest BCUT2D eigenvalue weighted by Crippen LogP contribution is -2.49. The lowest BCUT2D eigenvalue weighted by Gasteiger charge is -2.35. The van der Waals surface area contributed by atoms with E-state index in [2.05, 4.69) is 22.0 Å². The topological polar surface area (TPSA) is 58.4 Å². The predicted octanol–water partition coefficient (Wildman–Crippen LogP) is 2.19. The standard InChI is InChI=1S/C19H22N4O2S/c24-26(25,15-14-22-16-20-18-8-4-5-9-19(18)22)23-12-10-21(11-13-23)17-6-2-1-3-7-17/h1-9,16H,10-15H2. The fourth-order valence-electron chi connectivity index (χ4n) is 3.39. The van der Waals surface area contributed by atoms with Gasteiger partial charge in [-0.2, -0.15) is 4.31 Å². The maximum atomic E-state index is 12.7. The Balaban J connectivity index is 1.38. The molecule has 0 spiro atoms. The molecule has 1 aromatic heterocycles. The molecule has 0 bridgehead atoms. The highest BCUT2D eigenvalue weighted by Gasteiger charge is 2.26. The number of rotatable bonds is 5. The number of anilines is 1. The van der Waals surface area contributed by atoms with Crippen molar-refractivity contribution in [1.82, 2.24) is 13.9 Å². The molecule has 136 valence electrons. The lowest BCUT2D eigenvalue weighted by molar-refractivity contribution is 0.383. The van der Waals surface area contributed by atoms with Crippen molar-refractivity contribution >= 4 is 26.7 Å². The molecule has 0 saturated carbocycles. The van der Waals surface area contributed by atoms with Gasteiger partial charge in [0.1, 0.15) is 0 Å². The van der Waals surface area contributed by atoms with Gasteiger partial charge in [-0.15, -0.1) is 0 Å². The van der Waals surface area contributed by atoms with Crippen LogP contribution in [-0.4, -0.2) is 54.2 Å². The first-order valence-electron chi connectivity index (χ1n) is 8.81. The van der Waals surface area contributed by atoms with Crippen molar-refractivity contribution in [2.45, 2.75) is 6.54 Å². The molecule has 4 rings (SSSR count). The number of para-hydroxylation sites is 3. The van der Waals surface area contributed by atoms with Crippen molar-refractivity contribution in [2.75, 3.05) is 36.8 Å². The summed E-state index contributed by atoms with van der Waals surface area (Å²) in [6.45, 7) is 2.92. The zero-order valence-electron chi connectivity index (χ0n) is 14.5. The summed E-state index contributed by atoms with van der Waals surface area (Å²) < 4.78 is 29.0. The van der Waals surface area contributed by atoms with Crippen LogP contribution >= 0.6 is 0 Å². The van der Waals surface area contributed by atoms with Crippen LogP contribution in [0.2, 0.25) is 0 Å². The minimum Gasteiger partial charge on any atom is -0.369 e. The monoisotopic (exact) mass is 370 g/mol. The third-order valence-electron chi connectivity index (χ3n) is 4.87. The van der Waals surface area contributed by atoms with Gasteiger partial charge in [-0.05, 0) is 24.3 Å². The third-order valence-corrected chi connectivity index (χ3v) is 6.72. The van der Waals surface area contributed by atoms with E-state index in [1.165, 1.54) is 0 Å². The highest BCUT2D eigenvalue weighted by atomic mass is 32.2. The number of hydrogen-bond acceptors (Lipinski definition) is 4. The summed E-state index contributed by atoms with van der Waals surface area (Å²) in [4.78, 5) is 6.55. The van der Waals surface area contributed by atoms with Crippen LogP contribution in [-0.2, 0) is 16.6 Å². The number of sulfonamides is 1. The molecule has 0 aliphatic carbocycles. The van der Waals surface area contributed by atoms with Gasteiger partial charge in [-0.3, -0.25) is 0 Å². The van der Waals surface area contributed by atoms with Crippen LogP contribution in [0, 0.1) is 0 Å². The van der Waals surface area contributed by atoms with Crippen molar-refractivity contribution in [3.63, 3.8) is 0 Å². The molecule has 1 aliphatic heterocycles. The van der Waals surface area contributed by atoms with Gasteiger partial charge < -0.3 is 9.47 Å². The molecule has 2 heterocycles. The van der Waals surface area contributed by atoms with Crippen molar-refractivity contribution in [3.05, 3.63) is 60.9 Å². The molecule has 1 saturated heterocycles. The molecule has 0 N–H and O–H groups in total. The number of imidazole rings is 1. The second-order valence-corrected chi connectivity index (χ2v) is 8.55. The minimum absolute atomic E-state index is 0.0959. The van der Waals surface area contributed by atoms with Crippen LogP contribution < -0.4 is 4.90 Å². The summed E-state index contributed by atoms with van der Waals surface area (Å²) in [5.74, 6) is 0.0959. The highest BCUT2D eigenvalue weighted by Crippen LogP contribution is 2.18. The van der Waals surface area contributed by atoms with E-state index in [9.17, 15) is 8.42 Å².